The van der Waals surface area contributed by atoms with E-state index in [0.29, 0.717) is 0 Å². The summed E-state index contributed by atoms with van der Waals surface area (Å²) in [4.78, 5) is 9.00. The molecule has 0 bridgehead atoms. The van der Waals surface area contributed by atoms with Crippen LogP contribution in [0.3, 0.4) is 0 Å². The fourth-order valence-corrected chi connectivity index (χ4v) is 0. The smallest absolute Gasteiger partial charge is 0 e. The zero-order chi connectivity index (χ0) is 3.58. The summed E-state index contributed by atoms with van der Waals surface area (Å²) in [5, 5.41) is 7.42. The van der Waals surface area contributed by atoms with Gasteiger partial charge in [0, 0.05) is 70.1 Å². The van der Waals surface area contributed by atoms with Crippen molar-refractivity contribution in [3.63, 3.8) is 0 Å². The average Bonchev–Trinajstić information content (AvgIpc) is 0.811. The van der Waals surface area contributed by atoms with E-state index in [4.69, 9.17) is 9.90 Å². The van der Waals surface area contributed by atoms with Crippen molar-refractivity contribution in [2.24, 2.45) is 0 Å². The molecule has 0 saturated heterocycles. The zero-order valence-electron chi connectivity index (χ0n) is 3.53. The number of carboxylic acid groups (broad SMARTS) is 1. The Balaban J connectivity index is -0.00000000750. The molecule has 0 rings (SSSR count). The first-order chi connectivity index (χ1) is 1.73. The van der Waals surface area contributed by atoms with E-state index in [-0.39, 0.29) is 70.1 Å². The first-order valence-corrected chi connectivity index (χ1v) is 1.73. The summed E-state index contributed by atoms with van der Waals surface area (Å²) in [5.41, 5.74) is 0. The Morgan fingerprint density at radius 1 is 1.50 bits per heavy atom. The van der Waals surface area contributed by atoms with Gasteiger partial charge >= 0.3 is 31.5 Å². The fraction of sp³-hybridized carbons (Fsp3) is 0. The van der Waals surface area contributed by atoms with Crippen LogP contribution in [0.25, 0.3) is 0 Å². The minimum atomic E-state index is -0.833. The van der Waals surface area contributed by atoms with Crippen molar-refractivity contribution in [2.75, 3.05) is 0 Å². The van der Waals surface area contributed by atoms with Gasteiger partial charge in [-0.3, -0.25) is 0 Å². The van der Waals surface area contributed by atoms with Crippen LogP contribution in [-0.2, 0) is 70.1 Å². The van der Waals surface area contributed by atoms with E-state index < -0.39 is 4.76 Å². The molecule has 0 aromatic heterocycles. The Kier molecular flexibility index (Phi) is 91.4. The van der Waals surface area contributed by atoms with Crippen LogP contribution in [0.5, 0.6) is 0 Å². The Labute approximate surface area is 100 Å². The number of hydrogen-bond acceptors (Lipinski definition) is 1. The van der Waals surface area contributed by atoms with Crippen molar-refractivity contribution in [3.05, 3.63) is 0 Å². The van der Waals surface area contributed by atoms with Gasteiger partial charge in [0.05, 0.1) is 0 Å². The minimum Gasteiger partial charge on any atom is 0 e. The van der Waals surface area contributed by atoms with Crippen molar-refractivity contribution >= 4 is 21.6 Å². The molecule has 8 heavy (non-hydrogen) atoms. The molecule has 2 radical (unpaired) electrons. The molecule has 54 valence electrons. The minimum absolute atomic E-state index is 0. The largest absolute Gasteiger partial charge is 0 e. The van der Waals surface area contributed by atoms with Gasteiger partial charge in [-0.25, -0.2) is 0 Å². The molecule has 0 fully saturated rings. The molecular weight excluding hydrogens is 362 g/mol. The molecule has 0 saturated carbocycles. The van der Waals surface area contributed by atoms with Crippen LogP contribution in [0.4, 0.5) is 4.79 Å². The molecule has 0 unspecified atom stereocenters. The summed E-state index contributed by atoms with van der Waals surface area (Å²) in [6.07, 6.45) is 0. The molecule has 0 atom stereocenters. The van der Waals surface area contributed by atoms with Crippen molar-refractivity contribution in [1.82, 2.24) is 0 Å². The van der Waals surface area contributed by atoms with Gasteiger partial charge < -0.3 is 0 Å². The predicted molar refractivity (Wildman–Crippen MR) is 15.2 cm³/mol. The number of carbonyl (C=O) groups is 1. The Bertz CT molecular complexity index is 45.0. The van der Waals surface area contributed by atoms with Crippen LogP contribution in [0.15, 0.2) is 0 Å². The molecule has 0 heterocycles. The predicted octanol–water partition coefficient (Wildman–Crippen LogP) is -0.445. The second-order valence-electron chi connectivity index (χ2n) is 0.305. The van der Waals surface area contributed by atoms with Crippen LogP contribution in [0.2, 0.25) is 0 Å². The van der Waals surface area contributed by atoms with Gasteiger partial charge in [0.1, 0.15) is 0 Å². The molecule has 0 aliphatic rings. The third kappa shape index (κ3) is 88.5. The van der Waals surface area contributed by atoms with Crippen LogP contribution in [0, 0.1) is 0 Å². The summed E-state index contributed by atoms with van der Waals surface area (Å²) in [7, 11) is 0. The molecule has 1 N–H and O–H groups in total. The van der Waals surface area contributed by atoms with E-state index in [1.54, 1.807) is 0 Å². The second kappa shape index (κ2) is 22.9. The number of rotatable bonds is 0. The summed E-state index contributed by atoms with van der Waals surface area (Å²) in [6.45, 7) is 0. The molecule has 2 nitrogen and oxygen atoms in total. The Hall–Kier alpha value is 2.18. The molecule has 0 aliphatic carbocycles. The van der Waals surface area contributed by atoms with E-state index in [1.165, 1.54) is 0 Å². The van der Waals surface area contributed by atoms with Crippen LogP contribution < -0.4 is 0 Å². The van der Waals surface area contributed by atoms with Crippen LogP contribution in [0.1, 0.15) is 0 Å². The third-order valence-corrected chi connectivity index (χ3v) is 0. The van der Waals surface area contributed by atoms with Gasteiger partial charge in [-0.1, -0.05) is 0 Å². The molecular formula is CH2AsCuFeNiO2Zn. The summed E-state index contributed by atoms with van der Waals surface area (Å²) in [6, 6.07) is 0. The molecule has 0 aromatic rings. The van der Waals surface area contributed by atoms with Gasteiger partial charge in [-0.15, -0.1) is 0 Å². The third-order valence-electron chi connectivity index (χ3n) is 0. The molecule has 0 aliphatic heterocycles. The van der Waals surface area contributed by atoms with Gasteiger partial charge in [-0.05, 0) is 0 Å². The molecule has 0 aromatic carbocycles. The Morgan fingerprint density at radius 2 is 1.50 bits per heavy atom. The van der Waals surface area contributed by atoms with E-state index >= 15 is 0 Å². The van der Waals surface area contributed by atoms with Crippen LogP contribution >= 0.6 is 0 Å². The van der Waals surface area contributed by atoms with Crippen molar-refractivity contribution in [1.29, 1.82) is 0 Å². The van der Waals surface area contributed by atoms with E-state index in [2.05, 4.69) is 0 Å². The van der Waals surface area contributed by atoms with E-state index in [9.17, 15) is 0 Å². The first-order valence-electron chi connectivity index (χ1n) is 0.678. The maximum Gasteiger partial charge on any atom is 0 e. The fourth-order valence-electron chi connectivity index (χ4n) is 0. The van der Waals surface area contributed by atoms with Gasteiger partial charge in [0.25, 0.3) is 0 Å². The van der Waals surface area contributed by atoms with Gasteiger partial charge in [-0.2, -0.15) is 0 Å². The van der Waals surface area contributed by atoms with Crippen LogP contribution in [-0.4, -0.2) is 26.7 Å². The first kappa shape index (κ1) is 32.0. The monoisotopic (exact) mass is 362 g/mol. The standard InChI is InChI=1S/CH2AsO2.Cu.Fe.Ni.Zn/c2-1(3)4;;;;/h2H,(H,3,4);;;;. The quantitative estimate of drug-likeness (QED) is 0.592. The average molecular weight is 364 g/mol. The zero-order valence-corrected chi connectivity index (χ0v) is 11.6. The molecule has 0 amide bonds. The number of hydrogen-bond donors (Lipinski definition) is 1. The normalized spacial score (nSPS) is 3.12. The summed E-state index contributed by atoms with van der Waals surface area (Å²) >= 11 is 1.08. The maximum atomic E-state index is 9.00. The second-order valence-corrected chi connectivity index (χ2v) is 1.20. The molecule has 7 heteroatoms. The summed E-state index contributed by atoms with van der Waals surface area (Å²) in [5.74, 6) is 0. The van der Waals surface area contributed by atoms with E-state index in [1.807, 2.05) is 0 Å². The molecule has 0 spiro atoms. The SMILES string of the molecule is O=C(O)[AsH].[Cu].[Fe].[Ni].[Zn]. The van der Waals surface area contributed by atoms with Crippen molar-refractivity contribution < 1.29 is 80.0 Å². The van der Waals surface area contributed by atoms with Crippen molar-refractivity contribution in [2.45, 2.75) is 0 Å². The van der Waals surface area contributed by atoms with Gasteiger partial charge in [0.2, 0.25) is 0 Å². The van der Waals surface area contributed by atoms with E-state index in [0.717, 1.165) is 16.9 Å². The maximum absolute atomic E-state index is 9.00. The Morgan fingerprint density at radius 3 is 1.50 bits per heavy atom. The topological polar surface area (TPSA) is 37.3 Å². The van der Waals surface area contributed by atoms with Crippen molar-refractivity contribution in [3.8, 4) is 0 Å². The summed E-state index contributed by atoms with van der Waals surface area (Å²) < 4.78 is -0.833. The van der Waals surface area contributed by atoms with Gasteiger partial charge in [0.15, 0.2) is 0 Å².